The zero-order valence-electron chi connectivity index (χ0n) is 10.1. The fraction of sp³-hybridized carbons (Fsp3) is 0.909. The number of nitrogens with one attached hydrogen (secondary N) is 2. The molecule has 0 radical (unpaired) electrons. The highest BCUT2D eigenvalue weighted by molar-refractivity contribution is 5.77. The minimum absolute atomic E-state index is 0.0258. The fourth-order valence-corrected chi connectivity index (χ4v) is 1.93. The maximum atomic E-state index is 11.4. The molecule has 1 aliphatic rings. The summed E-state index contributed by atoms with van der Waals surface area (Å²) in [6, 6.07) is 0.415. The van der Waals surface area contributed by atoms with Gasteiger partial charge in [-0.3, -0.25) is 4.79 Å². The molecular weight excluding hydrogens is 208 g/mol. The van der Waals surface area contributed by atoms with E-state index in [2.05, 4.69) is 10.6 Å². The largest absolute Gasteiger partial charge is 0.383 e. The minimum Gasteiger partial charge on any atom is -0.383 e. The van der Waals surface area contributed by atoms with Crippen molar-refractivity contribution in [3.8, 4) is 0 Å². The average Bonchev–Trinajstić information content (AvgIpc) is 2.74. The lowest BCUT2D eigenvalue weighted by Gasteiger charge is -2.12. The van der Waals surface area contributed by atoms with Crippen LogP contribution in [-0.4, -0.2) is 52.0 Å². The first kappa shape index (κ1) is 13.4. The van der Waals surface area contributed by atoms with Gasteiger partial charge < -0.3 is 20.1 Å². The molecule has 94 valence electrons. The van der Waals surface area contributed by atoms with Crippen LogP contribution in [0.4, 0.5) is 0 Å². The SMILES string of the molecule is COCCNC(=O)CNC1CCC(OC)C1. The Kier molecular flexibility index (Phi) is 6.37. The second kappa shape index (κ2) is 7.60. The van der Waals surface area contributed by atoms with Crippen LogP contribution in [0.25, 0.3) is 0 Å². The number of amides is 1. The third-order valence-electron chi connectivity index (χ3n) is 2.90. The molecule has 1 fully saturated rings. The molecule has 0 saturated heterocycles. The Morgan fingerprint density at radius 1 is 1.38 bits per heavy atom. The van der Waals surface area contributed by atoms with Gasteiger partial charge in [0.1, 0.15) is 0 Å². The van der Waals surface area contributed by atoms with Crippen LogP contribution in [0.15, 0.2) is 0 Å². The number of hydrogen-bond acceptors (Lipinski definition) is 4. The van der Waals surface area contributed by atoms with E-state index in [9.17, 15) is 4.79 Å². The van der Waals surface area contributed by atoms with Crippen molar-refractivity contribution in [1.29, 1.82) is 0 Å². The zero-order chi connectivity index (χ0) is 11.8. The number of hydrogen-bond donors (Lipinski definition) is 2. The van der Waals surface area contributed by atoms with E-state index in [4.69, 9.17) is 9.47 Å². The predicted molar refractivity (Wildman–Crippen MR) is 61.3 cm³/mol. The molecule has 1 rings (SSSR count). The molecule has 0 heterocycles. The smallest absolute Gasteiger partial charge is 0.234 e. The summed E-state index contributed by atoms with van der Waals surface area (Å²) >= 11 is 0. The van der Waals surface area contributed by atoms with Gasteiger partial charge >= 0.3 is 0 Å². The Morgan fingerprint density at radius 3 is 2.81 bits per heavy atom. The topological polar surface area (TPSA) is 59.6 Å². The van der Waals surface area contributed by atoms with Gasteiger partial charge in [-0.1, -0.05) is 0 Å². The van der Waals surface area contributed by atoms with Crippen molar-refractivity contribution >= 4 is 5.91 Å². The van der Waals surface area contributed by atoms with Gasteiger partial charge in [0.05, 0.1) is 19.3 Å². The third kappa shape index (κ3) is 4.92. The van der Waals surface area contributed by atoms with Crippen LogP contribution in [0.5, 0.6) is 0 Å². The summed E-state index contributed by atoms with van der Waals surface area (Å²) in [5, 5.41) is 6.01. The second-order valence-electron chi connectivity index (χ2n) is 4.09. The van der Waals surface area contributed by atoms with Gasteiger partial charge in [-0.15, -0.1) is 0 Å². The van der Waals surface area contributed by atoms with Gasteiger partial charge in [0, 0.05) is 26.8 Å². The van der Waals surface area contributed by atoms with Crippen LogP contribution in [0.3, 0.4) is 0 Å². The molecule has 0 aromatic rings. The quantitative estimate of drug-likeness (QED) is 0.600. The van der Waals surface area contributed by atoms with E-state index < -0.39 is 0 Å². The monoisotopic (exact) mass is 230 g/mol. The summed E-state index contributed by atoms with van der Waals surface area (Å²) in [5.41, 5.74) is 0. The van der Waals surface area contributed by atoms with Gasteiger partial charge in [0.25, 0.3) is 0 Å². The van der Waals surface area contributed by atoms with E-state index in [1.54, 1.807) is 14.2 Å². The molecular formula is C11H22N2O3. The van der Waals surface area contributed by atoms with Crippen molar-refractivity contribution in [3.05, 3.63) is 0 Å². The first-order valence-corrected chi connectivity index (χ1v) is 5.78. The van der Waals surface area contributed by atoms with Crippen molar-refractivity contribution in [1.82, 2.24) is 10.6 Å². The van der Waals surface area contributed by atoms with Gasteiger partial charge in [0.15, 0.2) is 0 Å². The minimum atomic E-state index is 0.0258. The van der Waals surface area contributed by atoms with Crippen LogP contribution < -0.4 is 10.6 Å². The summed E-state index contributed by atoms with van der Waals surface area (Å²) in [6.45, 7) is 1.51. The number of methoxy groups -OCH3 is 2. The number of carbonyl (C=O) groups excluding carboxylic acids is 1. The Balaban J connectivity index is 2.04. The molecule has 0 spiro atoms. The van der Waals surface area contributed by atoms with E-state index >= 15 is 0 Å². The fourth-order valence-electron chi connectivity index (χ4n) is 1.93. The Morgan fingerprint density at radius 2 is 2.19 bits per heavy atom. The summed E-state index contributed by atoms with van der Waals surface area (Å²) in [6.07, 6.45) is 3.53. The third-order valence-corrected chi connectivity index (χ3v) is 2.90. The molecule has 1 amide bonds. The molecule has 0 aromatic carbocycles. The van der Waals surface area contributed by atoms with Crippen LogP contribution in [-0.2, 0) is 14.3 Å². The molecule has 2 atom stereocenters. The first-order valence-electron chi connectivity index (χ1n) is 5.78. The van der Waals surface area contributed by atoms with Crippen molar-refractivity contribution in [2.45, 2.75) is 31.4 Å². The van der Waals surface area contributed by atoms with Gasteiger partial charge in [0.2, 0.25) is 5.91 Å². The maximum Gasteiger partial charge on any atom is 0.234 e. The molecule has 1 saturated carbocycles. The van der Waals surface area contributed by atoms with Gasteiger partial charge in [-0.2, -0.15) is 0 Å². The highest BCUT2D eigenvalue weighted by atomic mass is 16.5. The Bertz CT molecular complexity index is 211. The zero-order valence-corrected chi connectivity index (χ0v) is 10.1. The lowest BCUT2D eigenvalue weighted by Crippen LogP contribution is -2.39. The van der Waals surface area contributed by atoms with Crippen molar-refractivity contribution in [2.24, 2.45) is 0 Å². The second-order valence-corrected chi connectivity index (χ2v) is 4.09. The molecule has 1 aliphatic carbocycles. The maximum absolute atomic E-state index is 11.4. The highest BCUT2D eigenvalue weighted by Crippen LogP contribution is 2.20. The first-order chi connectivity index (χ1) is 7.76. The molecule has 0 bridgehead atoms. The van der Waals surface area contributed by atoms with Crippen LogP contribution in [0.1, 0.15) is 19.3 Å². The van der Waals surface area contributed by atoms with E-state index in [1.165, 1.54) is 0 Å². The standard InChI is InChI=1S/C11H22N2O3/c1-15-6-5-12-11(14)8-13-9-3-4-10(7-9)16-2/h9-10,13H,3-8H2,1-2H3,(H,12,14). The summed E-state index contributed by atoms with van der Waals surface area (Å²) in [4.78, 5) is 11.4. The Hall–Kier alpha value is -0.650. The normalized spacial score (nSPS) is 24.6. The molecule has 2 unspecified atom stereocenters. The summed E-state index contributed by atoms with van der Waals surface area (Å²) in [7, 11) is 3.36. The van der Waals surface area contributed by atoms with E-state index in [0.717, 1.165) is 19.3 Å². The number of rotatable bonds is 7. The van der Waals surface area contributed by atoms with E-state index in [-0.39, 0.29) is 5.91 Å². The van der Waals surface area contributed by atoms with Crippen LogP contribution in [0, 0.1) is 0 Å². The van der Waals surface area contributed by atoms with E-state index in [1.807, 2.05) is 0 Å². The number of carbonyl (C=O) groups is 1. The van der Waals surface area contributed by atoms with Crippen molar-refractivity contribution in [2.75, 3.05) is 33.9 Å². The van der Waals surface area contributed by atoms with Gasteiger partial charge in [-0.05, 0) is 19.3 Å². The van der Waals surface area contributed by atoms with Crippen molar-refractivity contribution in [3.63, 3.8) is 0 Å². The lowest BCUT2D eigenvalue weighted by molar-refractivity contribution is -0.120. The molecule has 0 aliphatic heterocycles. The molecule has 2 N–H and O–H groups in total. The van der Waals surface area contributed by atoms with Crippen LogP contribution >= 0.6 is 0 Å². The summed E-state index contributed by atoms with van der Waals surface area (Å²) < 4.78 is 10.1. The Labute approximate surface area is 96.9 Å². The average molecular weight is 230 g/mol. The summed E-state index contributed by atoms with van der Waals surface area (Å²) in [5.74, 6) is 0.0258. The highest BCUT2D eigenvalue weighted by Gasteiger charge is 2.24. The van der Waals surface area contributed by atoms with Gasteiger partial charge in [-0.25, -0.2) is 0 Å². The number of ether oxygens (including phenoxy) is 2. The van der Waals surface area contributed by atoms with Crippen LogP contribution in [0.2, 0.25) is 0 Å². The molecule has 5 nitrogen and oxygen atoms in total. The molecule has 5 heteroatoms. The molecule has 0 aromatic heterocycles. The van der Waals surface area contributed by atoms with E-state index in [0.29, 0.717) is 31.8 Å². The molecule has 16 heavy (non-hydrogen) atoms. The predicted octanol–water partition coefficient (Wildman–Crippen LogP) is -0.0939. The lowest BCUT2D eigenvalue weighted by atomic mass is 10.2. The van der Waals surface area contributed by atoms with Crippen molar-refractivity contribution < 1.29 is 14.3 Å².